The fourth-order valence-corrected chi connectivity index (χ4v) is 2.23. The lowest BCUT2D eigenvalue weighted by Crippen LogP contribution is -2.41. The van der Waals surface area contributed by atoms with E-state index in [1.165, 1.54) is 19.3 Å². The number of carbonyl (C=O) groups excluding carboxylic acids is 1. The second-order valence-corrected chi connectivity index (χ2v) is 4.37. The zero-order valence-corrected chi connectivity index (χ0v) is 9.21. The third-order valence-corrected chi connectivity index (χ3v) is 3.15. The van der Waals surface area contributed by atoms with Crippen molar-refractivity contribution in [2.75, 3.05) is 19.7 Å². The van der Waals surface area contributed by atoms with Crippen molar-refractivity contribution >= 4 is 5.91 Å². The van der Waals surface area contributed by atoms with Crippen LogP contribution < -0.4 is 5.32 Å². The minimum Gasteiger partial charge on any atom is -0.314 e. The minimum atomic E-state index is 0.150. The molecule has 1 N–H and O–H groups in total. The van der Waals surface area contributed by atoms with E-state index in [1.54, 1.807) is 5.06 Å². The SMILES string of the molecule is O=C1CCCON1CCC1CCCCN1. The van der Waals surface area contributed by atoms with E-state index < -0.39 is 0 Å². The molecule has 0 aliphatic carbocycles. The van der Waals surface area contributed by atoms with E-state index in [-0.39, 0.29) is 5.91 Å². The first-order valence-electron chi connectivity index (χ1n) is 6.03. The van der Waals surface area contributed by atoms with Gasteiger partial charge in [-0.2, -0.15) is 0 Å². The number of piperidine rings is 1. The number of hydrogen-bond donors (Lipinski definition) is 1. The van der Waals surface area contributed by atoms with Gasteiger partial charge in [-0.15, -0.1) is 0 Å². The zero-order valence-electron chi connectivity index (χ0n) is 9.21. The van der Waals surface area contributed by atoms with Crippen LogP contribution in [-0.2, 0) is 9.63 Å². The first-order chi connectivity index (χ1) is 7.36. The summed E-state index contributed by atoms with van der Waals surface area (Å²) in [5.41, 5.74) is 0. The Morgan fingerprint density at radius 2 is 2.33 bits per heavy atom. The second-order valence-electron chi connectivity index (χ2n) is 4.37. The van der Waals surface area contributed by atoms with Crippen molar-refractivity contribution in [3.8, 4) is 0 Å². The van der Waals surface area contributed by atoms with E-state index in [4.69, 9.17) is 4.84 Å². The predicted molar refractivity (Wildman–Crippen MR) is 57.2 cm³/mol. The van der Waals surface area contributed by atoms with E-state index in [0.29, 0.717) is 19.1 Å². The van der Waals surface area contributed by atoms with Crippen LogP contribution in [0, 0.1) is 0 Å². The summed E-state index contributed by atoms with van der Waals surface area (Å²) < 4.78 is 0. The summed E-state index contributed by atoms with van der Waals surface area (Å²) >= 11 is 0. The molecule has 0 radical (unpaired) electrons. The molecule has 4 heteroatoms. The molecule has 0 bridgehead atoms. The van der Waals surface area contributed by atoms with Gasteiger partial charge in [-0.25, -0.2) is 5.06 Å². The molecule has 2 heterocycles. The molecule has 4 nitrogen and oxygen atoms in total. The zero-order chi connectivity index (χ0) is 10.5. The van der Waals surface area contributed by atoms with Gasteiger partial charge >= 0.3 is 0 Å². The first-order valence-corrected chi connectivity index (χ1v) is 6.03. The lowest BCUT2D eigenvalue weighted by Gasteiger charge is -2.29. The van der Waals surface area contributed by atoms with Crippen molar-refractivity contribution in [2.24, 2.45) is 0 Å². The standard InChI is InChI=1S/C11H20N2O2/c14-11-5-3-9-15-13(11)8-6-10-4-1-2-7-12-10/h10,12H,1-9H2. The van der Waals surface area contributed by atoms with Crippen LogP contribution in [0.5, 0.6) is 0 Å². The van der Waals surface area contributed by atoms with E-state index in [9.17, 15) is 4.79 Å². The van der Waals surface area contributed by atoms with Crippen LogP contribution in [0.4, 0.5) is 0 Å². The molecule has 2 fully saturated rings. The molecule has 1 amide bonds. The van der Waals surface area contributed by atoms with E-state index in [0.717, 1.165) is 25.9 Å². The van der Waals surface area contributed by atoms with Crippen LogP contribution >= 0.6 is 0 Å². The van der Waals surface area contributed by atoms with Crippen LogP contribution in [0.2, 0.25) is 0 Å². The molecule has 2 rings (SSSR count). The number of rotatable bonds is 3. The highest BCUT2D eigenvalue weighted by molar-refractivity contribution is 5.75. The third-order valence-electron chi connectivity index (χ3n) is 3.15. The molecule has 2 saturated heterocycles. The van der Waals surface area contributed by atoms with Crippen LogP contribution in [0.15, 0.2) is 0 Å². The molecule has 0 spiro atoms. The molecule has 0 aromatic carbocycles. The van der Waals surface area contributed by atoms with Crippen LogP contribution in [0.1, 0.15) is 38.5 Å². The van der Waals surface area contributed by atoms with E-state index >= 15 is 0 Å². The summed E-state index contributed by atoms with van der Waals surface area (Å²) in [6.07, 6.45) is 6.38. The molecule has 86 valence electrons. The molecule has 15 heavy (non-hydrogen) atoms. The van der Waals surface area contributed by atoms with Gasteiger partial charge in [-0.3, -0.25) is 9.63 Å². The van der Waals surface area contributed by atoms with Crippen molar-refractivity contribution in [2.45, 2.75) is 44.6 Å². The number of nitrogens with zero attached hydrogens (tertiary/aromatic N) is 1. The Bertz CT molecular complexity index is 215. The summed E-state index contributed by atoms with van der Waals surface area (Å²) in [6.45, 7) is 2.57. The highest BCUT2D eigenvalue weighted by Gasteiger charge is 2.21. The maximum atomic E-state index is 11.4. The smallest absolute Gasteiger partial charge is 0.246 e. The summed E-state index contributed by atoms with van der Waals surface area (Å²) in [6, 6.07) is 0.581. The number of hydrogen-bond acceptors (Lipinski definition) is 3. The van der Waals surface area contributed by atoms with Crippen molar-refractivity contribution in [1.82, 2.24) is 10.4 Å². The van der Waals surface area contributed by atoms with Gasteiger partial charge in [0.25, 0.3) is 0 Å². The molecule has 2 aliphatic heterocycles. The lowest BCUT2D eigenvalue weighted by molar-refractivity contribution is -0.198. The normalized spacial score (nSPS) is 28.1. The molecular formula is C11H20N2O2. The predicted octanol–water partition coefficient (Wildman–Crippen LogP) is 1.07. The Labute approximate surface area is 90.9 Å². The lowest BCUT2D eigenvalue weighted by atomic mass is 10.0. The minimum absolute atomic E-state index is 0.150. The van der Waals surface area contributed by atoms with Gasteiger partial charge in [0.2, 0.25) is 5.91 Å². The monoisotopic (exact) mass is 212 g/mol. The van der Waals surface area contributed by atoms with Gasteiger partial charge in [-0.05, 0) is 32.2 Å². The fraction of sp³-hybridized carbons (Fsp3) is 0.909. The Morgan fingerprint density at radius 1 is 1.40 bits per heavy atom. The topological polar surface area (TPSA) is 41.6 Å². The van der Waals surface area contributed by atoms with Crippen LogP contribution in [0.25, 0.3) is 0 Å². The number of amides is 1. The highest BCUT2D eigenvalue weighted by atomic mass is 16.7. The number of carbonyl (C=O) groups is 1. The maximum absolute atomic E-state index is 11.4. The van der Waals surface area contributed by atoms with Gasteiger partial charge < -0.3 is 5.32 Å². The van der Waals surface area contributed by atoms with Gasteiger partial charge in [0.05, 0.1) is 13.2 Å². The third kappa shape index (κ3) is 3.18. The molecule has 2 aliphatic rings. The molecule has 1 atom stereocenters. The Balaban J connectivity index is 1.69. The van der Waals surface area contributed by atoms with Crippen molar-refractivity contribution in [3.05, 3.63) is 0 Å². The molecule has 0 aromatic heterocycles. The van der Waals surface area contributed by atoms with Gasteiger partial charge in [0, 0.05) is 12.5 Å². The van der Waals surface area contributed by atoms with Crippen molar-refractivity contribution in [1.29, 1.82) is 0 Å². The van der Waals surface area contributed by atoms with Crippen molar-refractivity contribution in [3.63, 3.8) is 0 Å². The first kappa shape index (κ1) is 10.9. The molecule has 0 aromatic rings. The summed E-state index contributed by atoms with van der Waals surface area (Å²) in [5.74, 6) is 0.150. The maximum Gasteiger partial charge on any atom is 0.246 e. The van der Waals surface area contributed by atoms with Crippen LogP contribution in [-0.4, -0.2) is 36.7 Å². The van der Waals surface area contributed by atoms with Crippen molar-refractivity contribution < 1.29 is 9.63 Å². The summed E-state index contributed by atoms with van der Waals surface area (Å²) in [4.78, 5) is 16.8. The quantitative estimate of drug-likeness (QED) is 0.761. The fourth-order valence-electron chi connectivity index (χ4n) is 2.23. The second kappa shape index (κ2) is 5.47. The van der Waals surface area contributed by atoms with Gasteiger partial charge in [0.15, 0.2) is 0 Å². The Hall–Kier alpha value is -0.610. The summed E-state index contributed by atoms with van der Waals surface area (Å²) in [7, 11) is 0. The van der Waals surface area contributed by atoms with Crippen LogP contribution in [0.3, 0.4) is 0 Å². The highest BCUT2D eigenvalue weighted by Crippen LogP contribution is 2.13. The molecule has 0 saturated carbocycles. The number of nitrogens with one attached hydrogen (secondary N) is 1. The average molecular weight is 212 g/mol. The molecular weight excluding hydrogens is 192 g/mol. The van der Waals surface area contributed by atoms with Gasteiger partial charge in [-0.1, -0.05) is 6.42 Å². The van der Waals surface area contributed by atoms with Gasteiger partial charge in [0.1, 0.15) is 0 Å². The largest absolute Gasteiger partial charge is 0.314 e. The Kier molecular flexibility index (Phi) is 3.97. The summed E-state index contributed by atoms with van der Waals surface area (Å²) in [5, 5.41) is 5.04. The average Bonchev–Trinajstić information content (AvgIpc) is 2.29. The van der Waals surface area contributed by atoms with E-state index in [1.807, 2.05) is 0 Å². The number of hydroxylamine groups is 2. The Morgan fingerprint density at radius 3 is 3.07 bits per heavy atom. The molecule has 1 unspecified atom stereocenters. The van der Waals surface area contributed by atoms with E-state index in [2.05, 4.69) is 5.32 Å².